The van der Waals surface area contributed by atoms with Gasteiger partial charge < -0.3 is 10.5 Å². The molecular formula is C17H19N3O5. The summed E-state index contributed by atoms with van der Waals surface area (Å²) in [6.45, 7) is 1.24. The normalized spacial score (nSPS) is 10.5. The number of aromatic nitrogens is 2. The van der Waals surface area contributed by atoms with Gasteiger partial charge in [-0.25, -0.2) is 4.79 Å². The van der Waals surface area contributed by atoms with E-state index in [1.54, 1.807) is 12.1 Å². The number of Topliss-reactive ketones (excluding diaryl/α,β-unsaturated/α-hetero) is 1. The van der Waals surface area contributed by atoms with Crippen LogP contribution in [0.15, 0.2) is 33.9 Å². The predicted molar refractivity (Wildman–Crippen MR) is 91.5 cm³/mol. The van der Waals surface area contributed by atoms with Crippen LogP contribution in [0.25, 0.3) is 0 Å². The second kappa shape index (κ2) is 7.16. The number of ketones is 1. The Bertz CT molecular complexity index is 956. The lowest BCUT2D eigenvalue weighted by Crippen LogP contribution is -2.42. The van der Waals surface area contributed by atoms with E-state index in [4.69, 9.17) is 10.5 Å². The Morgan fingerprint density at radius 2 is 1.76 bits per heavy atom. The Labute approximate surface area is 143 Å². The van der Waals surface area contributed by atoms with E-state index < -0.39 is 29.6 Å². The number of rotatable bonds is 5. The van der Waals surface area contributed by atoms with Gasteiger partial charge in [0.2, 0.25) is 5.78 Å². The smallest absolute Gasteiger partial charge is 0.332 e. The molecule has 2 rings (SSSR count). The molecule has 0 saturated carbocycles. The van der Waals surface area contributed by atoms with Crippen molar-refractivity contribution in [3.8, 4) is 0 Å². The molecule has 0 amide bonds. The van der Waals surface area contributed by atoms with Gasteiger partial charge in [-0.2, -0.15) is 0 Å². The molecule has 25 heavy (non-hydrogen) atoms. The number of anilines is 1. The van der Waals surface area contributed by atoms with Crippen LogP contribution in [-0.2, 0) is 30.0 Å². The van der Waals surface area contributed by atoms with Crippen LogP contribution in [0.2, 0.25) is 0 Å². The van der Waals surface area contributed by atoms with Crippen molar-refractivity contribution >= 4 is 17.6 Å². The second-order valence-electron chi connectivity index (χ2n) is 5.65. The molecule has 0 aliphatic carbocycles. The van der Waals surface area contributed by atoms with Crippen molar-refractivity contribution in [1.82, 2.24) is 9.13 Å². The Morgan fingerprint density at radius 1 is 1.12 bits per heavy atom. The summed E-state index contributed by atoms with van der Waals surface area (Å²) >= 11 is 0. The number of hydrogen-bond donors (Lipinski definition) is 1. The highest BCUT2D eigenvalue weighted by molar-refractivity contribution is 6.01. The van der Waals surface area contributed by atoms with E-state index in [1.165, 1.54) is 14.1 Å². The third-order valence-electron chi connectivity index (χ3n) is 3.95. The molecule has 8 nitrogen and oxygen atoms in total. The number of carbonyl (C=O) groups is 2. The summed E-state index contributed by atoms with van der Waals surface area (Å²) in [5.74, 6) is -1.61. The summed E-state index contributed by atoms with van der Waals surface area (Å²) in [6.07, 6.45) is 0.0146. The van der Waals surface area contributed by atoms with Crippen LogP contribution < -0.4 is 17.0 Å². The second-order valence-corrected chi connectivity index (χ2v) is 5.65. The summed E-state index contributed by atoms with van der Waals surface area (Å²) in [4.78, 5) is 48.0. The maximum absolute atomic E-state index is 12.2. The van der Waals surface area contributed by atoms with Crippen molar-refractivity contribution < 1.29 is 14.3 Å². The van der Waals surface area contributed by atoms with E-state index in [0.717, 1.165) is 20.3 Å². The van der Waals surface area contributed by atoms with Gasteiger partial charge in [-0.15, -0.1) is 0 Å². The number of nitrogens with zero attached hydrogens (tertiary/aromatic N) is 2. The number of aryl methyl sites for hydroxylation is 1. The minimum Gasteiger partial charge on any atom is -0.457 e. The van der Waals surface area contributed by atoms with Gasteiger partial charge in [0.15, 0.2) is 6.61 Å². The van der Waals surface area contributed by atoms with Crippen LogP contribution in [0.4, 0.5) is 5.82 Å². The molecule has 8 heteroatoms. The van der Waals surface area contributed by atoms with E-state index in [9.17, 15) is 19.2 Å². The van der Waals surface area contributed by atoms with Crippen LogP contribution in [0.3, 0.4) is 0 Å². The number of nitrogen functional groups attached to an aromatic ring is 1. The van der Waals surface area contributed by atoms with Gasteiger partial charge in [0.05, 0.1) is 6.42 Å². The number of esters is 1. The molecular weight excluding hydrogens is 326 g/mol. The monoisotopic (exact) mass is 345 g/mol. The molecule has 0 radical (unpaired) electrons. The van der Waals surface area contributed by atoms with E-state index in [1.807, 2.05) is 19.1 Å². The largest absolute Gasteiger partial charge is 0.457 e. The zero-order valence-corrected chi connectivity index (χ0v) is 14.2. The van der Waals surface area contributed by atoms with Crippen molar-refractivity contribution in [3.63, 3.8) is 0 Å². The van der Waals surface area contributed by atoms with Crippen molar-refractivity contribution in [2.75, 3.05) is 12.3 Å². The fourth-order valence-corrected chi connectivity index (χ4v) is 2.36. The van der Waals surface area contributed by atoms with Crippen molar-refractivity contribution in [1.29, 1.82) is 0 Å². The highest BCUT2D eigenvalue weighted by Gasteiger charge is 2.21. The van der Waals surface area contributed by atoms with Gasteiger partial charge in [0.25, 0.3) is 5.56 Å². The molecule has 132 valence electrons. The molecule has 0 aliphatic heterocycles. The summed E-state index contributed by atoms with van der Waals surface area (Å²) in [5, 5.41) is 0. The van der Waals surface area contributed by atoms with Gasteiger partial charge in [0, 0.05) is 14.1 Å². The lowest BCUT2D eigenvalue weighted by atomic mass is 10.1. The summed E-state index contributed by atoms with van der Waals surface area (Å²) in [7, 11) is 2.59. The van der Waals surface area contributed by atoms with Crippen molar-refractivity contribution in [3.05, 3.63) is 61.8 Å². The number of benzene rings is 1. The summed E-state index contributed by atoms with van der Waals surface area (Å²) in [6, 6.07) is 7.31. The van der Waals surface area contributed by atoms with Gasteiger partial charge in [0.1, 0.15) is 11.4 Å². The average molecular weight is 345 g/mol. The Kier molecular flexibility index (Phi) is 5.21. The van der Waals surface area contributed by atoms with Gasteiger partial charge in [-0.3, -0.25) is 23.5 Å². The number of hydrogen-bond acceptors (Lipinski definition) is 6. The maximum atomic E-state index is 12.2. The number of ether oxygens (including phenoxy) is 1. The predicted octanol–water partition coefficient (Wildman–Crippen LogP) is -0.0568. The molecule has 0 aliphatic rings. The van der Waals surface area contributed by atoms with E-state index in [-0.39, 0.29) is 17.8 Å². The molecule has 0 unspecified atom stereocenters. The SMILES string of the molecule is Cc1ccccc1CC(=O)OCC(=O)c1c(N)n(C)c(=O)n(C)c1=O. The first-order valence-electron chi connectivity index (χ1n) is 7.52. The molecule has 0 spiro atoms. The highest BCUT2D eigenvalue weighted by Crippen LogP contribution is 2.09. The van der Waals surface area contributed by atoms with Crippen LogP contribution in [0.1, 0.15) is 21.5 Å². The molecule has 0 saturated heterocycles. The standard InChI is InChI=1S/C17H19N3O5/c1-10-6-4-5-7-11(10)8-13(22)25-9-12(21)14-15(18)19(2)17(24)20(3)16(14)23/h4-7H,8-9,18H2,1-3H3. The van der Waals surface area contributed by atoms with Crippen molar-refractivity contribution in [2.24, 2.45) is 14.1 Å². The van der Waals surface area contributed by atoms with Crippen LogP contribution in [0, 0.1) is 6.92 Å². The van der Waals surface area contributed by atoms with E-state index in [0.29, 0.717) is 0 Å². The molecule has 2 N–H and O–H groups in total. The minimum absolute atomic E-state index is 0.0146. The molecule has 2 aromatic rings. The lowest BCUT2D eigenvalue weighted by molar-refractivity contribution is -0.141. The average Bonchev–Trinajstić information content (AvgIpc) is 2.58. The molecule has 0 atom stereocenters. The highest BCUT2D eigenvalue weighted by atomic mass is 16.5. The molecule has 0 bridgehead atoms. The maximum Gasteiger partial charge on any atom is 0.332 e. The molecule has 0 fully saturated rings. The first kappa shape index (κ1) is 18.2. The summed E-state index contributed by atoms with van der Waals surface area (Å²) in [5.41, 5.74) is 5.58. The van der Waals surface area contributed by atoms with Crippen LogP contribution in [0.5, 0.6) is 0 Å². The minimum atomic E-state index is -0.819. The quantitative estimate of drug-likeness (QED) is 0.600. The summed E-state index contributed by atoms with van der Waals surface area (Å²) < 4.78 is 6.72. The molecule has 1 heterocycles. The van der Waals surface area contributed by atoms with Gasteiger partial charge >= 0.3 is 11.7 Å². The third-order valence-corrected chi connectivity index (χ3v) is 3.95. The van der Waals surface area contributed by atoms with Gasteiger partial charge in [-0.05, 0) is 18.1 Å². The zero-order chi connectivity index (χ0) is 18.7. The Balaban J connectivity index is 2.14. The fourth-order valence-electron chi connectivity index (χ4n) is 2.36. The first-order valence-corrected chi connectivity index (χ1v) is 7.52. The van der Waals surface area contributed by atoms with Crippen molar-refractivity contribution in [2.45, 2.75) is 13.3 Å². The van der Waals surface area contributed by atoms with Gasteiger partial charge in [-0.1, -0.05) is 24.3 Å². The Hall–Kier alpha value is -3.16. The van der Waals surface area contributed by atoms with Crippen LogP contribution >= 0.6 is 0 Å². The molecule has 1 aromatic heterocycles. The first-order chi connectivity index (χ1) is 11.7. The molecule has 1 aromatic carbocycles. The number of carbonyl (C=O) groups excluding carboxylic acids is 2. The topological polar surface area (TPSA) is 113 Å². The lowest BCUT2D eigenvalue weighted by Gasteiger charge is -2.11. The third kappa shape index (κ3) is 3.68. The Morgan fingerprint density at radius 3 is 2.40 bits per heavy atom. The van der Waals surface area contributed by atoms with E-state index in [2.05, 4.69) is 0 Å². The van der Waals surface area contributed by atoms with Crippen LogP contribution in [-0.4, -0.2) is 27.5 Å². The number of nitrogens with two attached hydrogens (primary N) is 1. The van der Waals surface area contributed by atoms with E-state index >= 15 is 0 Å². The fraction of sp³-hybridized carbons (Fsp3) is 0.294. The zero-order valence-electron chi connectivity index (χ0n) is 14.2.